The van der Waals surface area contributed by atoms with Gasteiger partial charge >= 0.3 is 0 Å². The smallest absolute Gasteiger partial charge is 0.151 e. The van der Waals surface area contributed by atoms with Gasteiger partial charge in [0.1, 0.15) is 0 Å². The lowest BCUT2D eigenvalue weighted by Crippen LogP contribution is -2.41. The van der Waals surface area contributed by atoms with E-state index in [1.807, 2.05) is 30.6 Å². The third-order valence-corrected chi connectivity index (χ3v) is 5.25. The number of para-hydroxylation sites is 2. The highest BCUT2D eigenvalue weighted by Gasteiger charge is 2.30. The molecule has 3 heterocycles. The zero-order valence-electron chi connectivity index (χ0n) is 14.6. The van der Waals surface area contributed by atoms with Crippen molar-refractivity contribution < 1.29 is 4.74 Å². The van der Waals surface area contributed by atoms with Gasteiger partial charge in [-0.05, 0) is 73.5 Å². The van der Waals surface area contributed by atoms with Crippen molar-refractivity contribution in [1.82, 2.24) is 10.3 Å². The maximum atomic E-state index is 6.29. The number of hydrogen-bond acceptors (Lipinski definition) is 4. The van der Waals surface area contributed by atoms with Crippen molar-refractivity contribution in [3.63, 3.8) is 0 Å². The first kappa shape index (κ1) is 15.4. The molecule has 4 heteroatoms. The number of nitrogens with one attached hydrogen (secondary N) is 1. The number of hydrogen-bond donors (Lipinski definition) is 1. The summed E-state index contributed by atoms with van der Waals surface area (Å²) in [5.41, 5.74) is 4.63. The molecule has 1 aromatic heterocycles. The third-order valence-electron chi connectivity index (χ3n) is 5.25. The Morgan fingerprint density at radius 2 is 1.62 bits per heavy atom. The number of fused-ring (bicyclic) bond motifs is 2. The monoisotopic (exact) mass is 343 g/mol. The highest BCUT2D eigenvalue weighted by Crippen LogP contribution is 2.49. The van der Waals surface area contributed by atoms with Gasteiger partial charge in [0, 0.05) is 18.4 Å². The average Bonchev–Trinajstić information content (AvgIpc) is 2.73. The van der Waals surface area contributed by atoms with Crippen LogP contribution in [0.25, 0.3) is 11.1 Å². The van der Waals surface area contributed by atoms with Gasteiger partial charge < -0.3 is 15.0 Å². The van der Waals surface area contributed by atoms with Gasteiger partial charge in [0.25, 0.3) is 0 Å². The van der Waals surface area contributed by atoms with Crippen LogP contribution in [-0.2, 0) is 0 Å². The molecule has 0 amide bonds. The number of ether oxygens (including phenoxy) is 1. The Kier molecular flexibility index (Phi) is 3.83. The van der Waals surface area contributed by atoms with E-state index in [9.17, 15) is 0 Å². The van der Waals surface area contributed by atoms with E-state index in [0.717, 1.165) is 54.2 Å². The third kappa shape index (κ3) is 2.63. The number of piperidine rings is 1. The van der Waals surface area contributed by atoms with E-state index >= 15 is 0 Å². The summed E-state index contributed by atoms with van der Waals surface area (Å²) in [4.78, 5) is 6.59. The largest absolute Gasteiger partial charge is 0.453 e. The Hall–Kier alpha value is -2.85. The van der Waals surface area contributed by atoms with Crippen molar-refractivity contribution in [3.8, 4) is 22.6 Å². The maximum absolute atomic E-state index is 6.29. The summed E-state index contributed by atoms with van der Waals surface area (Å²) in [6.45, 7) is 2.13. The number of benzene rings is 2. The SMILES string of the molecule is c1ccc2c(c1)Oc1cc(-c3ccncc3)ccc1N2C1CCNCC1. The van der Waals surface area contributed by atoms with Crippen LogP contribution in [0.15, 0.2) is 67.0 Å². The first-order valence-corrected chi connectivity index (χ1v) is 9.21. The molecule has 2 aliphatic heterocycles. The number of anilines is 2. The molecule has 1 saturated heterocycles. The summed E-state index contributed by atoms with van der Waals surface area (Å²) in [5.74, 6) is 1.86. The van der Waals surface area contributed by atoms with E-state index in [2.05, 4.69) is 51.6 Å². The number of rotatable bonds is 2. The van der Waals surface area contributed by atoms with Crippen molar-refractivity contribution in [2.45, 2.75) is 18.9 Å². The zero-order valence-corrected chi connectivity index (χ0v) is 14.6. The molecule has 0 bridgehead atoms. The van der Waals surface area contributed by atoms with Crippen molar-refractivity contribution in [3.05, 3.63) is 67.0 Å². The van der Waals surface area contributed by atoms with Crippen LogP contribution in [0.3, 0.4) is 0 Å². The molecule has 0 aliphatic carbocycles. The van der Waals surface area contributed by atoms with E-state index in [1.54, 1.807) is 0 Å². The molecule has 0 atom stereocenters. The van der Waals surface area contributed by atoms with E-state index in [-0.39, 0.29) is 0 Å². The van der Waals surface area contributed by atoms with E-state index in [1.165, 1.54) is 5.69 Å². The van der Waals surface area contributed by atoms with Crippen LogP contribution in [0, 0.1) is 0 Å². The summed E-state index contributed by atoms with van der Waals surface area (Å²) >= 11 is 0. The minimum atomic E-state index is 0.492. The fourth-order valence-corrected chi connectivity index (χ4v) is 3.97. The molecular weight excluding hydrogens is 322 g/mol. The van der Waals surface area contributed by atoms with Crippen LogP contribution in [0.2, 0.25) is 0 Å². The van der Waals surface area contributed by atoms with Gasteiger partial charge in [-0.25, -0.2) is 0 Å². The highest BCUT2D eigenvalue weighted by molar-refractivity contribution is 5.81. The van der Waals surface area contributed by atoms with Gasteiger partial charge in [0.05, 0.1) is 11.4 Å². The van der Waals surface area contributed by atoms with E-state index in [0.29, 0.717) is 6.04 Å². The lowest BCUT2D eigenvalue weighted by atomic mass is 9.99. The normalized spacial score (nSPS) is 16.5. The number of pyridine rings is 1. The molecule has 5 rings (SSSR count). The summed E-state index contributed by atoms with van der Waals surface area (Å²) in [6, 6.07) is 19.4. The Morgan fingerprint density at radius 3 is 2.46 bits per heavy atom. The molecule has 0 unspecified atom stereocenters. The molecule has 1 N–H and O–H groups in total. The molecule has 0 spiro atoms. The van der Waals surface area contributed by atoms with E-state index < -0.39 is 0 Å². The fraction of sp³-hybridized carbons (Fsp3) is 0.227. The van der Waals surface area contributed by atoms with Crippen molar-refractivity contribution in [2.24, 2.45) is 0 Å². The first-order chi connectivity index (χ1) is 12.9. The molecule has 1 fully saturated rings. The molecular formula is C22H21N3O. The van der Waals surface area contributed by atoms with Crippen LogP contribution < -0.4 is 15.0 Å². The second-order valence-electron chi connectivity index (χ2n) is 6.84. The van der Waals surface area contributed by atoms with Crippen LogP contribution in [0.4, 0.5) is 11.4 Å². The minimum absolute atomic E-state index is 0.492. The fourth-order valence-electron chi connectivity index (χ4n) is 3.97. The lowest BCUT2D eigenvalue weighted by molar-refractivity contribution is 0.426. The van der Waals surface area contributed by atoms with Gasteiger partial charge in [0.2, 0.25) is 0 Å². The molecule has 4 nitrogen and oxygen atoms in total. The van der Waals surface area contributed by atoms with Gasteiger partial charge in [-0.3, -0.25) is 4.98 Å². The summed E-state index contributed by atoms with van der Waals surface area (Å²) in [5, 5.41) is 3.47. The van der Waals surface area contributed by atoms with Crippen molar-refractivity contribution in [2.75, 3.05) is 18.0 Å². The second-order valence-corrected chi connectivity index (χ2v) is 6.84. The number of aromatic nitrogens is 1. The zero-order chi connectivity index (χ0) is 17.3. The molecule has 0 saturated carbocycles. The first-order valence-electron chi connectivity index (χ1n) is 9.21. The quantitative estimate of drug-likeness (QED) is 0.729. The van der Waals surface area contributed by atoms with Crippen LogP contribution in [-0.4, -0.2) is 24.1 Å². The average molecular weight is 343 g/mol. The second kappa shape index (κ2) is 6.46. The lowest BCUT2D eigenvalue weighted by Gasteiger charge is -2.40. The van der Waals surface area contributed by atoms with Crippen molar-refractivity contribution >= 4 is 11.4 Å². The minimum Gasteiger partial charge on any atom is -0.453 e. The maximum Gasteiger partial charge on any atom is 0.151 e. The van der Waals surface area contributed by atoms with Crippen LogP contribution in [0.5, 0.6) is 11.5 Å². The van der Waals surface area contributed by atoms with Gasteiger partial charge in [-0.2, -0.15) is 0 Å². The molecule has 2 aliphatic rings. The Bertz CT molecular complexity index is 920. The predicted octanol–water partition coefficient (Wildman–Crippen LogP) is 4.74. The van der Waals surface area contributed by atoms with Crippen molar-refractivity contribution in [1.29, 1.82) is 0 Å². The van der Waals surface area contributed by atoms with Gasteiger partial charge in [0.15, 0.2) is 11.5 Å². The van der Waals surface area contributed by atoms with Crippen LogP contribution >= 0.6 is 0 Å². The predicted molar refractivity (Wildman–Crippen MR) is 104 cm³/mol. The molecule has 2 aromatic carbocycles. The Labute approximate surface area is 153 Å². The topological polar surface area (TPSA) is 37.4 Å². The van der Waals surface area contributed by atoms with Gasteiger partial charge in [-0.1, -0.05) is 18.2 Å². The Morgan fingerprint density at radius 1 is 0.846 bits per heavy atom. The highest BCUT2D eigenvalue weighted by atomic mass is 16.5. The molecule has 130 valence electrons. The Balaban J connectivity index is 1.61. The summed E-state index contributed by atoms with van der Waals surface area (Å²) in [6.07, 6.45) is 5.93. The van der Waals surface area contributed by atoms with E-state index in [4.69, 9.17) is 4.74 Å². The summed E-state index contributed by atoms with van der Waals surface area (Å²) < 4.78 is 6.29. The standard InChI is InChI=1S/C22H21N3O/c1-2-4-21-19(3-1)25(18-9-13-24-14-10-18)20-6-5-17(15-22(20)26-21)16-7-11-23-12-8-16/h1-8,11-12,15,18,24H,9-10,13-14H2. The number of nitrogens with zero attached hydrogens (tertiary/aromatic N) is 2. The summed E-state index contributed by atoms with van der Waals surface area (Å²) in [7, 11) is 0. The molecule has 0 radical (unpaired) electrons. The van der Waals surface area contributed by atoms with Crippen LogP contribution in [0.1, 0.15) is 12.8 Å². The van der Waals surface area contributed by atoms with Gasteiger partial charge in [-0.15, -0.1) is 0 Å². The molecule has 26 heavy (non-hydrogen) atoms. The molecule has 3 aromatic rings.